The van der Waals surface area contributed by atoms with E-state index in [1.807, 2.05) is 0 Å². The smallest absolute Gasteiger partial charge is 0.258 e. The van der Waals surface area contributed by atoms with Crippen molar-refractivity contribution < 1.29 is 4.92 Å². The highest BCUT2D eigenvalue weighted by Gasteiger charge is 2.15. The van der Waals surface area contributed by atoms with Crippen LogP contribution in [0.5, 0.6) is 0 Å². The van der Waals surface area contributed by atoms with Crippen molar-refractivity contribution in [1.29, 1.82) is 0 Å². The van der Waals surface area contributed by atoms with Crippen molar-refractivity contribution in [1.82, 2.24) is 9.97 Å². The molecule has 1 aromatic heterocycles. The summed E-state index contributed by atoms with van der Waals surface area (Å²) in [5, 5.41) is 10.8. The van der Waals surface area contributed by atoms with Gasteiger partial charge in [0.15, 0.2) is 5.82 Å². The maximum absolute atomic E-state index is 10.8. The molecule has 1 aromatic carbocycles. The zero-order chi connectivity index (χ0) is 12.3. The minimum atomic E-state index is -0.450. The maximum atomic E-state index is 10.8. The van der Waals surface area contributed by atoms with Gasteiger partial charge in [-0.05, 0) is 6.07 Å². The number of hydrogen-bond donors (Lipinski definition) is 0. The second-order valence-corrected chi connectivity index (χ2v) is 3.59. The van der Waals surface area contributed by atoms with E-state index < -0.39 is 4.92 Å². The number of para-hydroxylation sites is 1. The normalized spacial score (nSPS) is 10.2. The van der Waals surface area contributed by atoms with Crippen LogP contribution in [-0.2, 0) is 5.88 Å². The SMILES string of the molecule is O=[N+]([O-])c1ccccc1-c1ncc(CCl)cn1. The number of aromatic nitrogens is 2. The summed E-state index contributed by atoms with van der Waals surface area (Å²) < 4.78 is 0. The van der Waals surface area contributed by atoms with Crippen LogP contribution in [-0.4, -0.2) is 14.9 Å². The summed E-state index contributed by atoms with van der Waals surface area (Å²) in [7, 11) is 0. The van der Waals surface area contributed by atoms with E-state index >= 15 is 0 Å². The predicted octanol–water partition coefficient (Wildman–Crippen LogP) is 2.79. The van der Waals surface area contributed by atoms with E-state index in [0.717, 1.165) is 5.56 Å². The van der Waals surface area contributed by atoms with Crippen LogP contribution in [0.4, 0.5) is 5.69 Å². The van der Waals surface area contributed by atoms with Gasteiger partial charge in [-0.3, -0.25) is 10.1 Å². The van der Waals surface area contributed by atoms with Gasteiger partial charge in [0.05, 0.1) is 16.4 Å². The van der Waals surface area contributed by atoms with Crippen LogP contribution in [0.3, 0.4) is 0 Å². The van der Waals surface area contributed by atoms with Crippen LogP contribution < -0.4 is 0 Å². The molecule has 86 valence electrons. The number of nitro groups is 1. The summed E-state index contributed by atoms with van der Waals surface area (Å²) in [4.78, 5) is 18.5. The Morgan fingerprint density at radius 2 is 1.88 bits per heavy atom. The number of rotatable bonds is 3. The Kier molecular flexibility index (Phi) is 3.30. The number of halogens is 1. The zero-order valence-electron chi connectivity index (χ0n) is 8.71. The van der Waals surface area contributed by atoms with Gasteiger partial charge in [0.1, 0.15) is 0 Å². The molecule has 1 heterocycles. The van der Waals surface area contributed by atoms with E-state index in [-0.39, 0.29) is 5.69 Å². The largest absolute Gasteiger partial charge is 0.280 e. The molecule has 6 heteroatoms. The molecule has 0 N–H and O–H groups in total. The Morgan fingerprint density at radius 3 is 2.47 bits per heavy atom. The second kappa shape index (κ2) is 4.88. The van der Waals surface area contributed by atoms with Gasteiger partial charge in [-0.1, -0.05) is 12.1 Å². The Labute approximate surface area is 102 Å². The first-order valence-corrected chi connectivity index (χ1v) is 5.36. The Hall–Kier alpha value is -2.01. The number of nitro benzene ring substituents is 1. The summed E-state index contributed by atoms with van der Waals surface area (Å²) in [6.45, 7) is 0. The van der Waals surface area contributed by atoms with Gasteiger partial charge in [-0.2, -0.15) is 0 Å². The van der Waals surface area contributed by atoms with Crippen molar-refractivity contribution in [3.63, 3.8) is 0 Å². The summed E-state index contributed by atoms with van der Waals surface area (Å²) in [6, 6.07) is 6.36. The third-order valence-electron chi connectivity index (χ3n) is 2.20. The van der Waals surface area contributed by atoms with E-state index in [2.05, 4.69) is 9.97 Å². The van der Waals surface area contributed by atoms with Crippen LogP contribution in [0.2, 0.25) is 0 Å². The molecule has 0 aliphatic rings. The Bertz CT molecular complexity index is 543. The second-order valence-electron chi connectivity index (χ2n) is 3.32. The van der Waals surface area contributed by atoms with Gasteiger partial charge in [0.2, 0.25) is 0 Å². The fourth-order valence-corrected chi connectivity index (χ4v) is 1.52. The van der Waals surface area contributed by atoms with E-state index in [9.17, 15) is 10.1 Å². The third-order valence-corrected chi connectivity index (χ3v) is 2.51. The third kappa shape index (κ3) is 2.39. The molecule has 0 spiro atoms. The number of benzene rings is 1. The monoisotopic (exact) mass is 249 g/mol. The Balaban J connectivity index is 2.48. The number of alkyl halides is 1. The van der Waals surface area contributed by atoms with Crippen LogP contribution in [0.1, 0.15) is 5.56 Å². The van der Waals surface area contributed by atoms with Crippen molar-refractivity contribution in [2.45, 2.75) is 5.88 Å². The molecule has 0 saturated heterocycles. The summed E-state index contributed by atoms with van der Waals surface area (Å²) >= 11 is 5.62. The lowest BCUT2D eigenvalue weighted by Crippen LogP contribution is -1.95. The lowest BCUT2D eigenvalue weighted by Gasteiger charge is -2.01. The molecule has 0 radical (unpaired) electrons. The van der Waals surface area contributed by atoms with E-state index in [1.54, 1.807) is 30.6 Å². The fourth-order valence-electron chi connectivity index (χ4n) is 1.38. The molecule has 0 aliphatic carbocycles. The van der Waals surface area contributed by atoms with Crippen LogP contribution >= 0.6 is 11.6 Å². The van der Waals surface area contributed by atoms with Gasteiger partial charge in [-0.25, -0.2) is 9.97 Å². The lowest BCUT2D eigenvalue weighted by molar-refractivity contribution is -0.384. The summed E-state index contributed by atoms with van der Waals surface area (Å²) in [6.07, 6.45) is 3.12. The van der Waals surface area contributed by atoms with Crippen LogP contribution in [0.15, 0.2) is 36.7 Å². The van der Waals surface area contributed by atoms with Crippen LogP contribution in [0, 0.1) is 10.1 Å². The number of hydrogen-bond acceptors (Lipinski definition) is 4. The lowest BCUT2D eigenvalue weighted by atomic mass is 10.1. The molecule has 0 bridgehead atoms. The molecule has 2 aromatic rings. The highest BCUT2D eigenvalue weighted by atomic mass is 35.5. The van der Waals surface area contributed by atoms with Gasteiger partial charge >= 0.3 is 0 Å². The standard InChI is InChI=1S/C11H8ClN3O2/c12-5-8-6-13-11(14-7-8)9-3-1-2-4-10(9)15(16)17/h1-4,6-7H,5H2. The number of nitrogens with zero attached hydrogens (tertiary/aromatic N) is 3. The molecule has 0 saturated carbocycles. The molecule has 0 unspecified atom stereocenters. The first-order valence-electron chi connectivity index (χ1n) is 4.83. The van der Waals surface area contributed by atoms with Crippen molar-refractivity contribution >= 4 is 17.3 Å². The first kappa shape index (κ1) is 11.5. The van der Waals surface area contributed by atoms with Crippen molar-refractivity contribution in [3.05, 3.63) is 52.3 Å². The summed E-state index contributed by atoms with van der Waals surface area (Å²) in [5.74, 6) is 0.642. The van der Waals surface area contributed by atoms with Gasteiger partial charge < -0.3 is 0 Å². The Morgan fingerprint density at radius 1 is 1.24 bits per heavy atom. The van der Waals surface area contributed by atoms with E-state index in [0.29, 0.717) is 17.3 Å². The molecule has 0 aliphatic heterocycles. The average Bonchev–Trinajstić information content (AvgIpc) is 2.39. The fraction of sp³-hybridized carbons (Fsp3) is 0.0909. The highest BCUT2D eigenvalue weighted by molar-refractivity contribution is 6.17. The average molecular weight is 250 g/mol. The molecule has 0 fully saturated rings. The van der Waals surface area contributed by atoms with Gasteiger partial charge in [0, 0.05) is 24.0 Å². The van der Waals surface area contributed by atoms with E-state index in [4.69, 9.17) is 11.6 Å². The van der Waals surface area contributed by atoms with Crippen molar-refractivity contribution in [2.75, 3.05) is 0 Å². The quantitative estimate of drug-likeness (QED) is 0.476. The van der Waals surface area contributed by atoms with E-state index in [1.165, 1.54) is 6.07 Å². The minimum absolute atomic E-state index is 0.00822. The highest BCUT2D eigenvalue weighted by Crippen LogP contribution is 2.26. The molecule has 0 amide bonds. The first-order chi connectivity index (χ1) is 8.22. The predicted molar refractivity (Wildman–Crippen MR) is 63.7 cm³/mol. The molecule has 0 atom stereocenters. The van der Waals surface area contributed by atoms with Crippen molar-refractivity contribution in [2.24, 2.45) is 0 Å². The minimum Gasteiger partial charge on any atom is -0.258 e. The zero-order valence-corrected chi connectivity index (χ0v) is 9.46. The van der Waals surface area contributed by atoms with Crippen LogP contribution in [0.25, 0.3) is 11.4 Å². The van der Waals surface area contributed by atoms with Crippen molar-refractivity contribution in [3.8, 4) is 11.4 Å². The van der Waals surface area contributed by atoms with Gasteiger partial charge in [0.25, 0.3) is 5.69 Å². The summed E-state index contributed by atoms with van der Waals surface area (Å²) in [5.41, 5.74) is 1.17. The maximum Gasteiger partial charge on any atom is 0.280 e. The molecule has 2 rings (SSSR count). The topological polar surface area (TPSA) is 68.9 Å². The molecule has 17 heavy (non-hydrogen) atoms. The molecular weight excluding hydrogens is 242 g/mol. The molecular formula is C11H8ClN3O2. The molecule has 5 nitrogen and oxygen atoms in total. The van der Waals surface area contributed by atoms with Gasteiger partial charge in [-0.15, -0.1) is 11.6 Å².